The van der Waals surface area contributed by atoms with Gasteiger partial charge in [0.2, 0.25) is 0 Å². The molecule has 0 spiro atoms. The number of aryl methyl sites for hydroxylation is 3. The monoisotopic (exact) mass is 340 g/mol. The van der Waals surface area contributed by atoms with E-state index >= 15 is 0 Å². The minimum Gasteiger partial charge on any atom is -0.352 e. The summed E-state index contributed by atoms with van der Waals surface area (Å²) in [6.07, 6.45) is 7.89. The fourth-order valence-electron chi connectivity index (χ4n) is 3.57. The van der Waals surface area contributed by atoms with E-state index in [0.717, 1.165) is 44.0 Å². The lowest BCUT2D eigenvalue weighted by molar-refractivity contribution is 0.194. The van der Waals surface area contributed by atoms with Gasteiger partial charge in [-0.1, -0.05) is 0 Å². The molecule has 0 radical (unpaired) electrons. The molecule has 4 rings (SSSR count). The van der Waals surface area contributed by atoms with Crippen molar-refractivity contribution in [3.8, 4) is 0 Å². The van der Waals surface area contributed by atoms with Crippen molar-refractivity contribution < 1.29 is 0 Å². The number of hydrogen-bond donors (Lipinski definition) is 0. The van der Waals surface area contributed by atoms with Crippen LogP contribution in [0, 0.1) is 0 Å². The van der Waals surface area contributed by atoms with E-state index in [4.69, 9.17) is 0 Å². The summed E-state index contributed by atoms with van der Waals surface area (Å²) in [5.74, 6) is 1.01. The molecule has 132 valence electrons. The summed E-state index contributed by atoms with van der Waals surface area (Å²) in [6.45, 7) is 2.65. The maximum Gasteiger partial charge on any atom is 0.268 e. The molecule has 25 heavy (non-hydrogen) atoms. The molecule has 0 amide bonds. The topological polar surface area (TPSA) is 67.2 Å². The van der Waals surface area contributed by atoms with E-state index in [-0.39, 0.29) is 5.56 Å². The quantitative estimate of drug-likeness (QED) is 0.819. The first-order valence-corrected chi connectivity index (χ1v) is 8.92. The van der Waals surface area contributed by atoms with Crippen LogP contribution in [-0.2, 0) is 26.4 Å². The van der Waals surface area contributed by atoms with Gasteiger partial charge in [-0.15, -0.1) is 5.10 Å². The summed E-state index contributed by atoms with van der Waals surface area (Å²) in [6, 6.07) is 2.70. The lowest BCUT2D eigenvalue weighted by Gasteiger charge is -2.44. The first kappa shape index (κ1) is 16.2. The van der Waals surface area contributed by atoms with Crippen LogP contribution < -0.4 is 10.5 Å². The summed E-state index contributed by atoms with van der Waals surface area (Å²) in [7, 11) is 3.86. The number of anilines is 1. The van der Waals surface area contributed by atoms with Gasteiger partial charge in [0.25, 0.3) is 5.56 Å². The van der Waals surface area contributed by atoms with Crippen LogP contribution in [0.1, 0.15) is 29.8 Å². The average molecular weight is 340 g/mol. The van der Waals surface area contributed by atoms with Crippen molar-refractivity contribution in [1.82, 2.24) is 24.6 Å². The van der Waals surface area contributed by atoms with Gasteiger partial charge in [0.05, 0.1) is 17.6 Å². The fourth-order valence-corrected chi connectivity index (χ4v) is 3.57. The van der Waals surface area contributed by atoms with Crippen LogP contribution in [0.25, 0.3) is 0 Å². The maximum atomic E-state index is 11.4. The summed E-state index contributed by atoms with van der Waals surface area (Å²) in [5, 5.41) is 8.85. The van der Waals surface area contributed by atoms with Gasteiger partial charge in [0.1, 0.15) is 0 Å². The molecule has 0 N–H and O–H groups in total. The van der Waals surface area contributed by atoms with Crippen molar-refractivity contribution in [3.63, 3.8) is 0 Å². The number of likely N-dealkylation sites (N-methyl/N-ethyl adjacent to an activating group) is 1. The molecular formula is C18H24N6O. The van der Waals surface area contributed by atoms with Gasteiger partial charge < -0.3 is 9.47 Å². The third-order valence-electron chi connectivity index (χ3n) is 5.31. The lowest BCUT2D eigenvalue weighted by Crippen LogP contribution is -2.58. The van der Waals surface area contributed by atoms with Crippen molar-refractivity contribution in [2.75, 3.05) is 25.0 Å². The second-order valence-electron chi connectivity index (χ2n) is 7.18. The Bertz CT molecular complexity index is 827. The maximum absolute atomic E-state index is 11.4. The van der Waals surface area contributed by atoms with Crippen LogP contribution in [-0.4, -0.2) is 50.8 Å². The highest BCUT2D eigenvalue weighted by molar-refractivity contribution is 5.45. The lowest BCUT2D eigenvalue weighted by atomic mass is 9.96. The van der Waals surface area contributed by atoms with Crippen molar-refractivity contribution in [3.05, 3.63) is 45.8 Å². The molecule has 0 atom stereocenters. The smallest absolute Gasteiger partial charge is 0.268 e. The Kier molecular flexibility index (Phi) is 4.25. The SMILES string of the molecule is CN(Cc1cn(C)c(=O)cn1)C1CN(c2cc3c(nn2)CCCC3)C1. The van der Waals surface area contributed by atoms with Crippen LogP contribution in [0.2, 0.25) is 0 Å². The molecule has 7 nitrogen and oxygen atoms in total. The van der Waals surface area contributed by atoms with E-state index in [1.807, 2.05) is 6.20 Å². The van der Waals surface area contributed by atoms with Crippen molar-refractivity contribution in [1.29, 1.82) is 0 Å². The van der Waals surface area contributed by atoms with Crippen LogP contribution in [0.4, 0.5) is 5.82 Å². The Morgan fingerprint density at radius 1 is 1.24 bits per heavy atom. The van der Waals surface area contributed by atoms with E-state index in [0.29, 0.717) is 6.04 Å². The van der Waals surface area contributed by atoms with Crippen LogP contribution in [0.3, 0.4) is 0 Å². The Morgan fingerprint density at radius 2 is 2.04 bits per heavy atom. The largest absolute Gasteiger partial charge is 0.352 e. The van der Waals surface area contributed by atoms with Crippen molar-refractivity contribution in [2.24, 2.45) is 7.05 Å². The molecule has 3 heterocycles. The number of aromatic nitrogens is 4. The second-order valence-corrected chi connectivity index (χ2v) is 7.18. The number of hydrogen-bond acceptors (Lipinski definition) is 6. The Labute approximate surface area is 147 Å². The fraction of sp³-hybridized carbons (Fsp3) is 0.556. The van der Waals surface area contributed by atoms with Gasteiger partial charge in [-0.2, -0.15) is 5.10 Å². The van der Waals surface area contributed by atoms with Crippen molar-refractivity contribution in [2.45, 2.75) is 38.3 Å². The Hall–Kier alpha value is -2.28. The van der Waals surface area contributed by atoms with Gasteiger partial charge in [-0.3, -0.25) is 14.7 Å². The molecular weight excluding hydrogens is 316 g/mol. The Morgan fingerprint density at radius 3 is 2.84 bits per heavy atom. The highest BCUT2D eigenvalue weighted by Gasteiger charge is 2.31. The third-order valence-corrected chi connectivity index (χ3v) is 5.31. The van der Waals surface area contributed by atoms with E-state index in [9.17, 15) is 4.79 Å². The molecule has 0 bridgehead atoms. The van der Waals surface area contributed by atoms with Crippen molar-refractivity contribution >= 4 is 5.82 Å². The van der Waals surface area contributed by atoms with Gasteiger partial charge in [-0.05, 0) is 44.4 Å². The summed E-state index contributed by atoms with van der Waals surface area (Å²) in [4.78, 5) is 20.2. The number of fused-ring (bicyclic) bond motifs is 1. The van der Waals surface area contributed by atoms with Gasteiger partial charge in [0, 0.05) is 38.9 Å². The summed E-state index contributed by atoms with van der Waals surface area (Å²) < 4.78 is 1.58. The Balaban J connectivity index is 1.36. The molecule has 1 aliphatic heterocycles. The molecule has 2 aliphatic rings. The molecule has 1 fully saturated rings. The van der Waals surface area contributed by atoms with E-state index in [1.165, 1.54) is 30.3 Å². The van der Waals surface area contributed by atoms with E-state index in [2.05, 4.69) is 38.1 Å². The zero-order chi connectivity index (χ0) is 17.4. The number of nitrogens with zero attached hydrogens (tertiary/aromatic N) is 6. The van der Waals surface area contributed by atoms with Gasteiger partial charge in [-0.25, -0.2) is 0 Å². The zero-order valence-electron chi connectivity index (χ0n) is 14.9. The highest BCUT2D eigenvalue weighted by atomic mass is 16.1. The molecule has 2 aromatic heterocycles. The minimum absolute atomic E-state index is 0.0767. The first-order valence-electron chi connectivity index (χ1n) is 8.92. The molecule has 1 aliphatic carbocycles. The molecule has 7 heteroatoms. The number of rotatable bonds is 4. The molecule has 0 aromatic carbocycles. The third kappa shape index (κ3) is 3.28. The van der Waals surface area contributed by atoms with Crippen LogP contribution in [0.5, 0.6) is 0 Å². The second kappa shape index (κ2) is 6.55. The van der Waals surface area contributed by atoms with Gasteiger partial charge >= 0.3 is 0 Å². The first-order chi connectivity index (χ1) is 12.1. The van der Waals surface area contributed by atoms with Crippen LogP contribution in [0.15, 0.2) is 23.3 Å². The van der Waals surface area contributed by atoms with Gasteiger partial charge in [0.15, 0.2) is 5.82 Å². The summed E-state index contributed by atoms with van der Waals surface area (Å²) in [5.41, 5.74) is 3.40. The van der Waals surface area contributed by atoms with E-state index in [1.54, 1.807) is 11.6 Å². The van der Waals surface area contributed by atoms with E-state index < -0.39 is 0 Å². The molecule has 1 saturated heterocycles. The predicted molar refractivity (Wildman–Crippen MR) is 95.6 cm³/mol. The van der Waals surface area contributed by atoms with Crippen LogP contribution >= 0.6 is 0 Å². The normalized spacial score (nSPS) is 17.5. The average Bonchev–Trinajstić information content (AvgIpc) is 2.57. The summed E-state index contributed by atoms with van der Waals surface area (Å²) >= 11 is 0. The molecule has 0 unspecified atom stereocenters. The predicted octanol–water partition coefficient (Wildman–Crippen LogP) is 0.770. The highest BCUT2D eigenvalue weighted by Crippen LogP contribution is 2.26. The molecule has 2 aromatic rings. The standard InChI is InChI=1S/C18H24N6O/c1-22(9-14-10-23(2)18(25)8-19-14)15-11-24(12-15)17-7-13-5-3-4-6-16(13)20-21-17/h7-8,10,15H,3-6,9,11-12H2,1-2H3. The minimum atomic E-state index is -0.0767. The molecule has 0 saturated carbocycles. The zero-order valence-corrected chi connectivity index (χ0v) is 14.9.